The highest BCUT2D eigenvalue weighted by Crippen LogP contribution is 2.29. The number of alkyl halides is 3. The summed E-state index contributed by atoms with van der Waals surface area (Å²) in [7, 11) is 0. The van der Waals surface area contributed by atoms with Gasteiger partial charge in [-0.1, -0.05) is 12.1 Å². The van der Waals surface area contributed by atoms with E-state index in [-0.39, 0.29) is 30.5 Å². The van der Waals surface area contributed by atoms with Crippen LogP contribution in [0, 0.1) is 5.82 Å². The molecule has 0 bridgehead atoms. The molecule has 1 N–H and O–H groups in total. The van der Waals surface area contributed by atoms with E-state index in [4.69, 9.17) is 4.74 Å². The summed E-state index contributed by atoms with van der Waals surface area (Å²) >= 11 is 0. The third kappa shape index (κ3) is 5.64. The molecule has 1 aliphatic carbocycles. The van der Waals surface area contributed by atoms with Crippen molar-refractivity contribution in [2.75, 3.05) is 0 Å². The highest BCUT2D eigenvalue weighted by Gasteiger charge is 2.30. The van der Waals surface area contributed by atoms with Gasteiger partial charge < -0.3 is 10.1 Å². The molecule has 1 amide bonds. The second kappa shape index (κ2) is 8.53. The van der Waals surface area contributed by atoms with Crippen molar-refractivity contribution in [3.05, 3.63) is 53.6 Å². The van der Waals surface area contributed by atoms with E-state index < -0.39 is 17.6 Å². The number of carbonyl (C=O) groups excluding carboxylic acids is 1. The van der Waals surface area contributed by atoms with Gasteiger partial charge in [-0.3, -0.25) is 4.79 Å². The van der Waals surface area contributed by atoms with Gasteiger partial charge in [0.05, 0.1) is 24.4 Å². The summed E-state index contributed by atoms with van der Waals surface area (Å²) in [5, 5.41) is 2.91. The summed E-state index contributed by atoms with van der Waals surface area (Å²) in [6.45, 7) is 0. The van der Waals surface area contributed by atoms with Gasteiger partial charge in [-0.05, 0) is 43.4 Å². The summed E-state index contributed by atoms with van der Waals surface area (Å²) in [6.07, 6.45) is 0.379. The number of nitrogens with zero attached hydrogens (tertiary/aromatic N) is 2. The van der Waals surface area contributed by atoms with Crippen LogP contribution in [0.3, 0.4) is 0 Å². The first-order valence-corrected chi connectivity index (χ1v) is 8.89. The minimum absolute atomic E-state index is 0.0177. The number of amides is 1. The minimum atomic E-state index is -4.39. The Balaban J connectivity index is 1.42. The molecule has 0 spiro atoms. The normalized spacial score (nSPS) is 19.9. The van der Waals surface area contributed by atoms with Gasteiger partial charge in [0.25, 0.3) is 0 Å². The Morgan fingerprint density at radius 3 is 2.25 bits per heavy atom. The van der Waals surface area contributed by atoms with Crippen LogP contribution in [0.5, 0.6) is 6.01 Å². The Morgan fingerprint density at radius 1 is 1.07 bits per heavy atom. The lowest BCUT2D eigenvalue weighted by atomic mass is 9.92. The maximum absolute atomic E-state index is 12.8. The van der Waals surface area contributed by atoms with Crippen LogP contribution in [0.1, 0.15) is 36.8 Å². The molecule has 2 aromatic rings. The number of rotatable bonds is 5. The molecule has 1 fully saturated rings. The molecule has 9 heteroatoms. The molecule has 1 aliphatic rings. The zero-order valence-corrected chi connectivity index (χ0v) is 14.9. The van der Waals surface area contributed by atoms with Gasteiger partial charge in [0.15, 0.2) is 5.82 Å². The molecule has 150 valence electrons. The summed E-state index contributed by atoms with van der Waals surface area (Å²) in [5.41, 5.74) is -0.212. The van der Waals surface area contributed by atoms with E-state index in [0.29, 0.717) is 31.2 Å². The van der Waals surface area contributed by atoms with Crippen LogP contribution in [0.15, 0.2) is 36.7 Å². The quantitative estimate of drug-likeness (QED) is 0.782. The highest BCUT2D eigenvalue weighted by molar-refractivity contribution is 5.78. The summed E-state index contributed by atoms with van der Waals surface area (Å²) < 4.78 is 56.1. The van der Waals surface area contributed by atoms with E-state index in [9.17, 15) is 22.4 Å². The van der Waals surface area contributed by atoms with Crippen molar-refractivity contribution in [1.29, 1.82) is 0 Å². The van der Waals surface area contributed by atoms with E-state index in [1.807, 2.05) is 0 Å². The second-order valence-electron chi connectivity index (χ2n) is 6.71. The lowest BCUT2D eigenvalue weighted by Gasteiger charge is -2.28. The van der Waals surface area contributed by atoms with Crippen molar-refractivity contribution in [2.45, 2.75) is 50.4 Å². The number of hydrogen-bond donors (Lipinski definition) is 1. The predicted molar refractivity (Wildman–Crippen MR) is 92.0 cm³/mol. The molecule has 0 atom stereocenters. The van der Waals surface area contributed by atoms with Crippen molar-refractivity contribution >= 4 is 5.91 Å². The van der Waals surface area contributed by atoms with E-state index in [1.165, 1.54) is 12.1 Å². The summed E-state index contributed by atoms with van der Waals surface area (Å²) in [5.74, 6) is -0.766. The number of halogens is 4. The fourth-order valence-electron chi connectivity index (χ4n) is 3.11. The van der Waals surface area contributed by atoms with E-state index in [0.717, 1.165) is 24.5 Å². The molecule has 0 aliphatic heterocycles. The van der Waals surface area contributed by atoms with Crippen LogP contribution in [0.25, 0.3) is 0 Å². The standard InChI is InChI=1S/C19H19F4N3O2/c20-14-10-24-18(25-11-14)28-16-7-5-15(6-8-16)26-17(27)9-12-1-3-13(4-2-12)19(21,22)23/h1-4,10-11,15-16H,5-9H2,(H,26,27). The van der Waals surface area contributed by atoms with Crippen LogP contribution in [0.4, 0.5) is 17.6 Å². The smallest absolute Gasteiger partial charge is 0.416 e. The van der Waals surface area contributed by atoms with Gasteiger partial charge in [0.2, 0.25) is 5.91 Å². The third-order valence-electron chi connectivity index (χ3n) is 4.55. The molecule has 0 saturated heterocycles. The van der Waals surface area contributed by atoms with Crippen molar-refractivity contribution in [3.63, 3.8) is 0 Å². The Labute approximate surface area is 159 Å². The van der Waals surface area contributed by atoms with Gasteiger partial charge in [0.1, 0.15) is 6.10 Å². The molecule has 3 rings (SSSR count). The Hall–Kier alpha value is -2.71. The first-order chi connectivity index (χ1) is 13.3. The Bertz CT molecular complexity index is 786. The van der Waals surface area contributed by atoms with E-state index in [1.54, 1.807) is 0 Å². The fourth-order valence-corrected chi connectivity index (χ4v) is 3.11. The Morgan fingerprint density at radius 2 is 1.68 bits per heavy atom. The molecule has 1 saturated carbocycles. The van der Waals surface area contributed by atoms with Gasteiger partial charge in [-0.15, -0.1) is 0 Å². The topological polar surface area (TPSA) is 64.1 Å². The van der Waals surface area contributed by atoms with Crippen LogP contribution < -0.4 is 10.1 Å². The number of nitrogens with one attached hydrogen (secondary N) is 1. The Kier molecular flexibility index (Phi) is 6.11. The molecule has 0 unspecified atom stereocenters. The number of carbonyl (C=O) groups is 1. The second-order valence-corrected chi connectivity index (χ2v) is 6.71. The van der Waals surface area contributed by atoms with Crippen molar-refractivity contribution in [3.8, 4) is 6.01 Å². The number of aromatic nitrogens is 2. The molecule has 28 heavy (non-hydrogen) atoms. The SMILES string of the molecule is O=C(Cc1ccc(C(F)(F)F)cc1)NC1CCC(Oc2ncc(F)cn2)CC1. The molecule has 1 aromatic heterocycles. The molecular formula is C19H19F4N3O2. The maximum atomic E-state index is 12.8. The monoisotopic (exact) mass is 397 g/mol. The first kappa shape index (κ1) is 20.0. The van der Waals surface area contributed by atoms with Crippen LogP contribution in [0.2, 0.25) is 0 Å². The third-order valence-corrected chi connectivity index (χ3v) is 4.55. The molecular weight excluding hydrogens is 378 g/mol. The molecule has 0 radical (unpaired) electrons. The minimum Gasteiger partial charge on any atom is -0.460 e. The summed E-state index contributed by atoms with van der Waals surface area (Å²) in [6, 6.07) is 4.68. The van der Waals surface area contributed by atoms with Crippen molar-refractivity contribution < 1.29 is 27.1 Å². The van der Waals surface area contributed by atoms with Crippen molar-refractivity contribution in [2.24, 2.45) is 0 Å². The zero-order chi connectivity index (χ0) is 20.1. The number of ether oxygens (including phenoxy) is 1. The lowest BCUT2D eigenvalue weighted by Crippen LogP contribution is -2.40. The predicted octanol–water partition coefficient (Wildman–Crippen LogP) is 3.68. The van der Waals surface area contributed by atoms with E-state index >= 15 is 0 Å². The van der Waals surface area contributed by atoms with Crippen molar-refractivity contribution in [1.82, 2.24) is 15.3 Å². The van der Waals surface area contributed by atoms with Gasteiger partial charge in [-0.25, -0.2) is 14.4 Å². The molecule has 1 aromatic carbocycles. The largest absolute Gasteiger partial charge is 0.460 e. The number of hydrogen-bond acceptors (Lipinski definition) is 4. The van der Waals surface area contributed by atoms with Crippen LogP contribution in [-0.2, 0) is 17.4 Å². The number of benzene rings is 1. The van der Waals surface area contributed by atoms with Crippen LogP contribution >= 0.6 is 0 Å². The van der Waals surface area contributed by atoms with Gasteiger partial charge >= 0.3 is 12.2 Å². The average molecular weight is 397 g/mol. The fraction of sp³-hybridized carbons (Fsp3) is 0.421. The maximum Gasteiger partial charge on any atom is 0.416 e. The molecule has 1 heterocycles. The summed E-state index contributed by atoms with van der Waals surface area (Å²) in [4.78, 5) is 19.7. The first-order valence-electron chi connectivity index (χ1n) is 8.89. The van der Waals surface area contributed by atoms with Gasteiger partial charge in [-0.2, -0.15) is 13.2 Å². The van der Waals surface area contributed by atoms with Crippen LogP contribution in [-0.4, -0.2) is 28.0 Å². The zero-order valence-electron chi connectivity index (χ0n) is 14.9. The molecule has 5 nitrogen and oxygen atoms in total. The average Bonchev–Trinajstić information content (AvgIpc) is 2.65. The van der Waals surface area contributed by atoms with E-state index in [2.05, 4.69) is 15.3 Å². The highest BCUT2D eigenvalue weighted by atomic mass is 19.4. The van der Waals surface area contributed by atoms with Gasteiger partial charge in [0, 0.05) is 6.04 Å². The lowest BCUT2D eigenvalue weighted by molar-refractivity contribution is -0.137.